The van der Waals surface area contributed by atoms with Crippen LogP contribution in [-0.4, -0.2) is 18.7 Å². The molecule has 0 radical (unpaired) electrons. The molecule has 3 unspecified atom stereocenters. The second-order valence-electron chi connectivity index (χ2n) is 13.2. The van der Waals surface area contributed by atoms with Crippen LogP contribution >= 0.6 is 7.82 Å². The summed E-state index contributed by atoms with van der Waals surface area (Å²) in [6.45, 7) is 6.74. The minimum Gasteiger partial charge on any atom is -0.306 e. The molecule has 6 N–H and O–H groups in total. The second-order valence-corrected chi connectivity index (χ2v) is 14.8. The molecule has 266 valence electrons. The number of rotatable bonds is 36. The van der Waals surface area contributed by atoms with Crippen LogP contribution in [0.3, 0.4) is 0 Å². The van der Waals surface area contributed by atoms with Crippen molar-refractivity contribution in [2.45, 2.75) is 232 Å². The molecule has 7 nitrogen and oxygen atoms in total. The number of unbranched alkanes of at least 4 members (excludes halogenated alkanes) is 24. The van der Waals surface area contributed by atoms with E-state index in [0.29, 0.717) is 19.3 Å². The van der Waals surface area contributed by atoms with Crippen LogP contribution in [0.15, 0.2) is 0 Å². The first kappa shape index (κ1) is 44.0. The SMILES string of the molecule is CCCCCCCCCCCC(N)OP(=O)(OC(N)CCCCCCCCCCC)OC(N)CCCCCCCCCCC. The van der Waals surface area contributed by atoms with Gasteiger partial charge in [-0.05, 0) is 38.5 Å². The Morgan fingerprint density at radius 1 is 0.364 bits per heavy atom. The minimum atomic E-state index is -3.99. The summed E-state index contributed by atoms with van der Waals surface area (Å²) in [5.74, 6) is 0. The molecule has 0 heterocycles. The highest BCUT2D eigenvalue weighted by Gasteiger charge is 2.34. The highest BCUT2D eigenvalue weighted by molar-refractivity contribution is 7.48. The van der Waals surface area contributed by atoms with Crippen LogP contribution in [0.4, 0.5) is 0 Å². The van der Waals surface area contributed by atoms with E-state index in [1.165, 1.54) is 135 Å². The van der Waals surface area contributed by atoms with Crippen molar-refractivity contribution in [2.75, 3.05) is 0 Å². The van der Waals surface area contributed by atoms with Crippen molar-refractivity contribution in [1.82, 2.24) is 0 Å². The summed E-state index contributed by atoms with van der Waals surface area (Å²) in [6, 6.07) is 0. The fraction of sp³-hybridized carbons (Fsp3) is 1.00. The molecule has 0 aromatic carbocycles. The van der Waals surface area contributed by atoms with Crippen LogP contribution in [0.25, 0.3) is 0 Å². The predicted molar refractivity (Wildman–Crippen MR) is 190 cm³/mol. The molecule has 0 rings (SSSR count). The summed E-state index contributed by atoms with van der Waals surface area (Å²) < 4.78 is 31.0. The molecule has 0 saturated heterocycles. The maximum absolute atomic E-state index is 13.7. The van der Waals surface area contributed by atoms with Crippen molar-refractivity contribution < 1.29 is 18.1 Å². The summed E-state index contributed by atoms with van der Waals surface area (Å²) in [5, 5.41) is 0. The van der Waals surface area contributed by atoms with Gasteiger partial charge in [-0.25, -0.2) is 4.57 Å². The maximum Gasteiger partial charge on any atom is 0.479 e. The topological polar surface area (TPSA) is 123 Å². The van der Waals surface area contributed by atoms with Crippen LogP contribution < -0.4 is 17.2 Å². The zero-order chi connectivity index (χ0) is 32.6. The van der Waals surface area contributed by atoms with E-state index in [1.54, 1.807) is 0 Å². The summed E-state index contributed by atoms with van der Waals surface area (Å²) in [5.41, 5.74) is 18.8. The Morgan fingerprint density at radius 2 is 0.545 bits per heavy atom. The second kappa shape index (κ2) is 32.9. The van der Waals surface area contributed by atoms with Crippen molar-refractivity contribution in [3.8, 4) is 0 Å². The van der Waals surface area contributed by atoms with Crippen LogP contribution in [0, 0.1) is 0 Å². The van der Waals surface area contributed by atoms with Gasteiger partial charge < -0.3 is 17.2 Å². The Morgan fingerprint density at radius 3 is 0.750 bits per heavy atom. The van der Waals surface area contributed by atoms with E-state index in [1.807, 2.05) is 0 Å². The number of phosphoric acid groups is 1. The van der Waals surface area contributed by atoms with Crippen molar-refractivity contribution in [3.05, 3.63) is 0 Å². The van der Waals surface area contributed by atoms with Crippen LogP contribution in [0.5, 0.6) is 0 Å². The average molecular weight is 648 g/mol. The standard InChI is InChI=1S/C36H78N3O4P/c1-4-7-10-13-16-19-22-25-28-31-34(37)41-44(40,42-35(38)32-29-26-23-20-17-14-11-8-5-2)43-36(39)33-30-27-24-21-18-15-12-9-6-3/h34-36H,4-33,37-39H2,1-3H3. The van der Waals surface area contributed by atoms with Gasteiger partial charge in [-0.2, -0.15) is 0 Å². The van der Waals surface area contributed by atoms with Gasteiger partial charge in [0.1, 0.15) is 18.7 Å². The molecule has 0 aliphatic carbocycles. The fourth-order valence-electron chi connectivity index (χ4n) is 5.70. The molecular weight excluding hydrogens is 569 g/mol. The third-order valence-electron chi connectivity index (χ3n) is 8.57. The van der Waals surface area contributed by atoms with Gasteiger partial charge in [0.15, 0.2) is 0 Å². The van der Waals surface area contributed by atoms with Crippen molar-refractivity contribution in [3.63, 3.8) is 0 Å². The number of phosphoric ester groups is 1. The molecule has 0 fully saturated rings. The predicted octanol–water partition coefficient (Wildman–Crippen LogP) is 11.8. The molecule has 0 aromatic heterocycles. The molecule has 0 aliphatic heterocycles. The Bertz CT molecular complexity index is 547. The van der Waals surface area contributed by atoms with E-state index in [9.17, 15) is 4.57 Å². The zero-order valence-corrected chi connectivity index (χ0v) is 30.7. The van der Waals surface area contributed by atoms with Gasteiger partial charge in [-0.3, -0.25) is 13.6 Å². The first-order chi connectivity index (χ1) is 21.4. The third kappa shape index (κ3) is 30.6. The third-order valence-corrected chi connectivity index (χ3v) is 10.2. The van der Waals surface area contributed by atoms with E-state index in [0.717, 1.165) is 38.5 Å². The molecule has 8 heteroatoms. The van der Waals surface area contributed by atoms with Crippen molar-refractivity contribution in [2.24, 2.45) is 17.2 Å². The van der Waals surface area contributed by atoms with Gasteiger partial charge >= 0.3 is 7.82 Å². The molecule has 0 bridgehead atoms. The van der Waals surface area contributed by atoms with E-state index >= 15 is 0 Å². The van der Waals surface area contributed by atoms with Gasteiger partial charge in [0.05, 0.1) is 0 Å². The van der Waals surface area contributed by atoms with E-state index in [-0.39, 0.29) is 0 Å². The average Bonchev–Trinajstić information content (AvgIpc) is 2.98. The van der Waals surface area contributed by atoms with E-state index < -0.39 is 26.5 Å². The van der Waals surface area contributed by atoms with Gasteiger partial charge in [0.25, 0.3) is 0 Å². The maximum atomic E-state index is 13.7. The largest absolute Gasteiger partial charge is 0.479 e. The highest BCUT2D eigenvalue weighted by Crippen LogP contribution is 2.52. The van der Waals surface area contributed by atoms with Crippen molar-refractivity contribution in [1.29, 1.82) is 0 Å². The quantitative estimate of drug-likeness (QED) is 0.0351. The first-order valence-corrected chi connectivity index (χ1v) is 20.7. The zero-order valence-electron chi connectivity index (χ0n) is 29.8. The van der Waals surface area contributed by atoms with Crippen LogP contribution in [0.2, 0.25) is 0 Å². The summed E-state index contributed by atoms with van der Waals surface area (Å²) >= 11 is 0. The molecule has 0 spiro atoms. The van der Waals surface area contributed by atoms with Gasteiger partial charge in [-0.15, -0.1) is 0 Å². The van der Waals surface area contributed by atoms with E-state index in [2.05, 4.69) is 20.8 Å². The van der Waals surface area contributed by atoms with Crippen molar-refractivity contribution >= 4 is 7.82 Å². The summed E-state index contributed by atoms with van der Waals surface area (Å²) in [7, 11) is -3.99. The smallest absolute Gasteiger partial charge is 0.306 e. The number of hydrogen-bond acceptors (Lipinski definition) is 7. The van der Waals surface area contributed by atoms with Crippen LogP contribution in [0.1, 0.15) is 213 Å². The Hall–Kier alpha value is -0.0100. The summed E-state index contributed by atoms with van der Waals surface area (Å²) in [6.07, 6.45) is 32.7. The van der Waals surface area contributed by atoms with Gasteiger partial charge in [-0.1, -0.05) is 175 Å². The molecule has 0 aromatic rings. The fourth-order valence-corrected chi connectivity index (χ4v) is 7.16. The molecule has 3 atom stereocenters. The summed E-state index contributed by atoms with van der Waals surface area (Å²) in [4.78, 5) is 0. The lowest BCUT2D eigenvalue weighted by Gasteiger charge is -2.26. The molecule has 0 saturated carbocycles. The monoisotopic (exact) mass is 648 g/mol. The number of hydrogen-bond donors (Lipinski definition) is 3. The van der Waals surface area contributed by atoms with E-state index in [4.69, 9.17) is 30.8 Å². The Balaban J connectivity index is 4.54. The van der Waals surface area contributed by atoms with Gasteiger partial charge in [0.2, 0.25) is 0 Å². The number of nitrogens with two attached hydrogens (primary N) is 3. The molecule has 0 aliphatic rings. The minimum absolute atomic E-state index is 0.605. The lowest BCUT2D eigenvalue weighted by Crippen LogP contribution is -2.31. The lowest BCUT2D eigenvalue weighted by molar-refractivity contribution is 0.0274. The lowest BCUT2D eigenvalue weighted by atomic mass is 10.1. The molecular formula is C36H78N3O4P. The normalized spacial score (nSPS) is 15.3. The molecule has 0 amide bonds. The Labute approximate surface area is 274 Å². The highest BCUT2D eigenvalue weighted by atomic mass is 31.2. The van der Waals surface area contributed by atoms with Gasteiger partial charge in [0, 0.05) is 0 Å². The Kier molecular flexibility index (Phi) is 32.9. The van der Waals surface area contributed by atoms with Crippen LogP contribution in [-0.2, 0) is 18.1 Å². The molecule has 44 heavy (non-hydrogen) atoms. The first-order valence-electron chi connectivity index (χ1n) is 19.3.